The maximum Gasteiger partial charge on any atom is 0.251 e. The molecule has 2 aromatic rings. The van der Waals surface area contributed by atoms with Crippen molar-refractivity contribution in [3.05, 3.63) is 64.7 Å². The highest BCUT2D eigenvalue weighted by Gasteiger charge is 2.11. The van der Waals surface area contributed by atoms with Crippen LogP contribution in [0.15, 0.2) is 48.5 Å². The fourth-order valence-corrected chi connectivity index (χ4v) is 2.20. The summed E-state index contributed by atoms with van der Waals surface area (Å²) in [5, 5.41) is 3.50. The number of halogens is 1. The maximum atomic E-state index is 12.2. The highest BCUT2D eigenvalue weighted by molar-refractivity contribution is 6.30. The predicted molar refractivity (Wildman–Crippen MR) is 84.9 cm³/mol. The van der Waals surface area contributed by atoms with Gasteiger partial charge in [-0.3, -0.25) is 4.79 Å². The van der Waals surface area contributed by atoms with E-state index in [1.807, 2.05) is 38.1 Å². The van der Waals surface area contributed by atoms with Gasteiger partial charge in [-0.2, -0.15) is 0 Å². The summed E-state index contributed by atoms with van der Waals surface area (Å²) in [4.78, 5) is 12.2. The second-order valence-corrected chi connectivity index (χ2v) is 5.14. The highest BCUT2D eigenvalue weighted by Crippen LogP contribution is 2.18. The maximum absolute atomic E-state index is 12.2. The van der Waals surface area contributed by atoms with Crippen LogP contribution < -0.4 is 10.1 Å². The fraction of sp³-hybridized carbons (Fsp3) is 0.235. The van der Waals surface area contributed by atoms with Crippen LogP contribution in [-0.4, -0.2) is 12.5 Å². The molecule has 0 fully saturated rings. The third-order valence-electron chi connectivity index (χ3n) is 3.13. The lowest BCUT2D eigenvalue weighted by Gasteiger charge is -2.15. The monoisotopic (exact) mass is 303 g/mol. The molecule has 0 aliphatic heterocycles. The molecule has 0 aromatic heterocycles. The first-order valence-electron chi connectivity index (χ1n) is 6.89. The number of benzene rings is 2. The molecule has 0 aliphatic carbocycles. The van der Waals surface area contributed by atoms with Crippen LogP contribution in [0.1, 0.15) is 35.8 Å². The molecule has 1 atom stereocenters. The van der Waals surface area contributed by atoms with E-state index in [1.54, 1.807) is 24.3 Å². The van der Waals surface area contributed by atoms with Crippen molar-refractivity contribution >= 4 is 17.5 Å². The summed E-state index contributed by atoms with van der Waals surface area (Å²) >= 11 is 5.90. The van der Waals surface area contributed by atoms with E-state index in [1.165, 1.54) is 0 Å². The fourth-order valence-electron chi connectivity index (χ4n) is 2.01. The zero-order valence-electron chi connectivity index (χ0n) is 12.1. The van der Waals surface area contributed by atoms with Crippen LogP contribution in [0, 0.1) is 0 Å². The summed E-state index contributed by atoms with van der Waals surface area (Å²) in [5.74, 6) is 0.688. The van der Waals surface area contributed by atoms with Gasteiger partial charge >= 0.3 is 0 Å². The van der Waals surface area contributed by atoms with Crippen LogP contribution in [0.3, 0.4) is 0 Å². The minimum atomic E-state index is -0.140. The first-order valence-corrected chi connectivity index (χ1v) is 7.27. The molecule has 2 rings (SSSR count). The van der Waals surface area contributed by atoms with Gasteiger partial charge in [0.05, 0.1) is 12.6 Å². The van der Waals surface area contributed by atoms with E-state index in [-0.39, 0.29) is 11.9 Å². The Morgan fingerprint density at radius 1 is 1.24 bits per heavy atom. The molecule has 1 amide bonds. The first kappa shape index (κ1) is 15.4. The molecule has 110 valence electrons. The molecule has 1 unspecified atom stereocenters. The molecule has 21 heavy (non-hydrogen) atoms. The van der Waals surface area contributed by atoms with Crippen molar-refractivity contribution in [2.45, 2.75) is 19.9 Å². The normalized spacial score (nSPS) is 11.8. The number of amides is 1. The number of carbonyl (C=O) groups excluding carboxylic acids is 1. The van der Waals surface area contributed by atoms with E-state index in [2.05, 4.69) is 5.32 Å². The topological polar surface area (TPSA) is 38.3 Å². The second-order valence-electron chi connectivity index (χ2n) is 4.71. The molecule has 0 saturated heterocycles. The Morgan fingerprint density at radius 3 is 2.57 bits per heavy atom. The minimum Gasteiger partial charge on any atom is -0.494 e. The molecular formula is C17H18ClNO2. The quantitative estimate of drug-likeness (QED) is 0.897. The van der Waals surface area contributed by atoms with Gasteiger partial charge in [-0.25, -0.2) is 0 Å². The molecule has 0 radical (unpaired) electrons. The van der Waals surface area contributed by atoms with Crippen molar-refractivity contribution in [2.75, 3.05) is 6.61 Å². The van der Waals surface area contributed by atoms with Crippen LogP contribution in [0.2, 0.25) is 5.02 Å². The van der Waals surface area contributed by atoms with Crippen LogP contribution in [0.25, 0.3) is 0 Å². The Kier molecular flexibility index (Phi) is 5.23. The highest BCUT2D eigenvalue weighted by atomic mass is 35.5. The summed E-state index contributed by atoms with van der Waals surface area (Å²) in [6.07, 6.45) is 0. The smallest absolute Gasteiger partial charge is 0.251 e. The number of hydrogen-bond acceptors (Lipinski definition) is 2. The number of nitrogens with one attached hydrogen (secondary N) is 1. The summed E-state index contributed by atoms with van der Waals surface area (Å²) in [6.45, 7) is 4.53. The summed E-state index contributed by atoms with van der Waals surface area (Å²) in [6, 6.07) is 14.5. The molecule has 1 N–H and O–H groups in total. The largest absolute Gasteiger partial charge is 0.494 e. The zero-order valence-corrected chi connectivity index (χ0v) is 12.9. The van der Waals surface area contributed by atoms with Gasteiger partial charge in [0.25, 0.3) is 5.91 Å². The SMILES string of the molecule is CCOc1ccc(C(C)NC(=O)c2cccc(Cl)c2)cc1. The Labute approximate surface area is 129 Å². The van der Waals surface area contributed by atoms with Crippen LogP contribution in [-0.2, 0) is 0 Å². The standard InChI is InChI=1S/C17H18ClNO2/c1-3-21-16-9-7-13(8-10-16)12(2)19-17(20)14-5-4-6-15(18)11-14/h4-12H,3H2,1-2H3,(H,19,20). The number of ether oxygens (including phenoxy) is 1. The van der Waals surface area contributed by atoms with Crippen LogP contribution >= 0.6 is 11.6 Å². The van der Waals surface area contributed by atoms with E-state index in [9.17, 15) is 4.79 Å². The molecule has 0 aliphatic rings. The van der Waals surface area contributed by atoms with E-state index in [0.29, 0.717) is 17.2 Å². The van der Waals surface area contributed by atoms with E-state index < -0.39 is 0 Å². The molecule has 0 saturated carbocycles. The van der Waals surface area contributed by atoms with E-state index in [0.717, 1.165) is 11.3 Å². The molecule has 0 spiro atoms. The third kappa shape index (κ3) is 4.23. The summed E-state index contributed by atoms with van der Waals surface area (Å²) < 4.78 is 5.40. The molecule has 0 bridgehead atoms. The third-order valence-corrected chi connectivity index (χ3v) is 3.36. The Bertz CT molecular complexity index is 610. The lowest BCUT2D eigenvalue weighted by molar-refractivity contribution is 0.0940. The zero-order chi connectivity index (χ0) is 15.2. The number of hydrogen-bond donors (Lipinski definition) is 1. The second kappa shape index (κ2) is 7.14. The number of carbonyl (C=O) groups is 1. The summed E-state index contributed by atoms with van der Waals surface area (Å²) in [5.41, 5.74) is 1.58. The van der Waals surface area contributed by atoms with Crippen molar-refractivity contribution < 1.29 is 9.53 Å². The molecule has 4 heteroatoms. The average Bonchev–Trinajstić information content (AvgIpc) is 2.48. The van der Waals surface area contributed by atoms with Crippen molar-refractivity contribution in [1.29, 1.82) is 0 Å². The lowest BCUT2D eigenvalue weighted by atomic mass is 10.1. The van der Waals surface area contributed by atoms with Crippen molar-refractivity contribution in [3.8, 4) is 5.75 Å². The summed E-state index contributed by atoms with van der Waals surface area (Å²) in [7, 11) is 0. The van der Waals surface area contributed by atoms with Gasteiger partial charge in [0.2, 0.25) is 0 Å². The molecule has 2 aromatic carbocycles. The van der Waals surface area contributed by atoms with E-state index in [4.69, 9.17) is 16.3 Å². The molecule has 0 heterocycles. The van der Waals surface area contributed by atoms with Gasteiger partial charge in [0, 0.05) is 10.6 Å². The predicted octanol–water partition coefficient (Wildman–Crippen LogP) is 4.23. The molecule has 3 nitrogen and oxygen atoms in total. The van der Waals surface area contributed by atoms with Gasteiger partial charge < -0.3 is 10.1 Å². The lowest BCUT2D eigenvalue weighted by Crippen LogP contribution is -2.26. The van der Waals surface area contributed by atoms with Crippen molar-refractivity contribution in [1.82, 2.24) is 5.32 Å². The van der Waals surface area contributed by atoms with Gasteiger partial charge in [-0.15, -0.1) is 0 Å². The van der Waals surface area contributed by atoms with Gasteiger partial charge in [-0.05, 0) is 49.7 Å². The van der Waals surface area contributed by atoms with Gasteiger partial charge in [-0.1, -0.05) is 29.8 Å². The minimum absolute atomic E-state index is 0.0906. The van der Waals surface area contributed by atoms with E-state index >= 15 is 0 Å². The first-order chi connectivity index (χ1) is 10.1. The Morgan fingerprint density at radius 2 is 1.95 bits per heavy atom. The van der Waals surface area contributed by atoms with Gasteiger partial charge in [0.15, 0.2) is 0 Å². The van der Waals surface area contributed by atoms with Crippen molar-refractivity contribution in [2.24, 2.45) is 0 Å². The van der Waals surface area contributed by atoms with Crippen LogP contribution in [0.5, 0.6) is 5.75 Å². The molecular weight excluding hydrogens is 286 g/mol. The Hall–Kier alpha value is -2.00. The Balaban J connectivity index is 2.03. The van der Waals surface area contributed by atoms with Crippen molar-refractivity contribution in [3.63, 3.8) is 0 Å². The van der Waals surface area contributed by atoms with Gasteiger partial charge in [0.1, 0.15) is 5.75 Å². The number of rotatable bonds is 5. The van der Waals surface area contributed by atoms with Crippen LogP contribution in [0.4, 0.5) is 0 Å². The average molecular weight is 304 g/mol.